The van der Waals surface area contributed by atoms with Crippen molar-refractivity contribution in [3.8, 4) is 11.1 Å². The molecule has 1 saturated heterocycles. The van der Waals surface area contributed by atoms with Gasteiger partial charge in [0.25, 0.3) is 0 Å². The van der Waals surface area contributed by atoms with Gasteiger partial charge in [-0.2, -0.15) is 13.2 Å². The number of hydrogen-bond donors (Lipinski definition) is 1. The van der Waals surface area contributed by atoms with Crippen LogP contribution < -0.4 is 5.32 Å². The zero-order valence-electron chi connectivity index (χ0n) is 22.7. The molecule has 0 radical (unpaired) electrons. The van der Waals surface area contributed by atoms with E-state index >= 15 is 0 Å². The Bertz CT molecular complexity index is 1360. The zero-order valence-corrected chi connectivity index (χ0v) is 24.3. The second kappa shape index (κ2) is 12.4. The van der Waals surface area contributed by atoms with E-state index in [1.54, 1.807) is 0 Å². The van der Waals surface area contributed by atoms with Gasteiger partial charge in [-0.15, -0.1) is 0 Å². The van der Waals surface area contributed by atoms with E-state index in [0.717, 1.165) is 58.3 Å². The molecular formula is C32H33BrF3N3O2. The molecule has 2 aliphatic rings. The Hall–Kier alpha value is -3.17. The Kier molecular flexibility index (Phi) is 8.85. The molecular weight excluding hydrogens is 595 g/mol. The fourth-order valence-corrected chi connectivity index (χ4v) is 6.61. The van der Waals surface area contributed by atoms with E-state index in [1.807, 2.05) is 77.7 Å². The molecule has 9 heteroatoms. The van der Waals surface area contributed by atoms with Crippen LogP contribution in [0.3, 0.4) is 0 Å². The summed E-state index contributed by atoms with van der Waals surface area (Å²) < 4.78 is 40.2. The van der Waals surface area contributed by atoms with Crippen LogP contribution in [0.5, 0.6) is 0 Å². The van der Waals surface area contributed by atoms with Crippen molar-refractivity contribution >= 4 is 27.7 Å². The Morgan fingerprint density at radius 1 is 0.854 bits per heavy atom. The number of unbranched alkanes of at least 4 members (excludes halogenated alkanes) is 1. The molecule has 1 aliphatic carbocycles. The van der Waals surface area contributed by atoms with Crippen LogP contribution in [0.15, 0.2) is 77.3 Å². The van der Waals surface area contributed by atoms with Crippen molar-refractivity contribution in [1.29, 1.82) is 0 Å². The Balaban J connectivity index is 1.21. The standard InChI is InChI=1S/C32H33BrF3N3O2/c33-24-9-7-8-23(20-24)21-29(40)39-18-16-38(17-19-39)15-6-5-14-31(30(41)37-22-32(34,35)36)27-12-3-1-10-25(27)26-11-2-4-13-28(26)31/h1-4,7-13,20H,5-6,14-19,21-22H2,(H,37,41). The third-order valence-corrected chi connectivity index (χ3v) is 8.64. The second-order valence-corrected chi connectivity index (χ2v) is 11.7. The van der Waals surface area contributed by atoms with Gasteiger partial charge in [-0.1, -0.05) is 83.0 Å². The van der Waals surface area contributed by atoms with Crippen molar-refractivity contribution < 1.29 is 22.8 Å². The molecule has 0 unspecified atom stereocenters. The lowest BCUT2D eigenvalue weighted by Crippen LogP contribution is -2.49. The van der Waals surface area contributed by atoms with Crippen molar-refractivity contribution in [2.24, 2.45) is 0 Å². The normalized spacial score (nSPS) is 16.2. The van der Waals surface area contributed by atoms with Crippen LogP contribution in [0.2, 0.25) is 0 Å². The van der Waals surface area contributed by atoms with Crippen LogP contribution in [0, 0.1) is 0 Å². The first-order chi connectivity index (χ1) is 19.7. The van der Waals surface area contributed by atoms with Gasteiger partial charge in [0.1, 0.15) is 12.0 Å². The first-order valence-electron chi connectivity index (χ1n) is 14.0. The Morgan fingerprint density at radius 2 is 1.49 bits per heavy atom. The molecule has 1 aliphatic heterocycles. The third-order valence-electron chi connectivity index (χ3n) is 8.15. The highest BCUT2D eigenvalue weighted by Gasteiger charge is 2.49. The van der Waals surface area contributed by atoms with Crippen LogP contribution in [-0.2, 0) is 21.4 Å². The molecule has 2 amide bonds. The quantitative estimate of drug-likeness (QED) is 0.298. The molecule has 5 nitrogen and oxygen atoms in total. The van der Waals surface area contributed by atoms with Gasteiger partial charge in [0.2, 0.25) is 11.8 Å². The van der Waals surface area contributed by atoms with Gasteiger partial charge in [0.15, 0.2) is 0 Å². The zero-order chi connectivity index (χ0) is 29.0. The number of halogens is 4. The number of carbonyl (C=O) groups excluding carboxylic acids is 2. The summed E-state index contributed by atoms with van der Waals surface area (Å²) in [7, 11) is 0. The largest absolute Gasteiger partial charge is 0.405 e. The molecule has 0 spiro atoms. The van der Waals surface area contributed by atoms with Crippen LogP contribution in [0.4, 0.5) is 13.2 Å². The van der Waals surface area contributed by atoms with Gasteiger partial charge in [0.05, 0.1) is 6.42 Å². The fraction of sp³-hybridized carbons (Fsp3) is 0.375. The lowest BCUT2D eigenvalue weighted by Gasteiger charge is -2.35. The van der Waals surface area contributed by atoms with E-state index < -0.39 is 24.0 Å². The van der Waals surface area contributed by atoms with Gasteiger partial charge >= 0.3 is 6.18 Å². The molecule has 5 rings (SSSR count). The number of amides is 2. The molecule has 216 valence electrons. The van der Waals surface area contributed by atoms with Crippen LogP contribution in [-0.4, -0.2) is 67.1 Å². The number of benzene rings is 3. The maximum absolute atomic E-state index is 13.6. The van der Waals surface area contributed by atoms with Crippen LogP contribution in [0.25, 0.3) is 11.1 Å². The number of piperazine rings is 1. The van der Waals surface area contributed by atoms with Crippen LogP contribution >= 0.6 is 15.9 Å². The third kappa shape index (κ3) is 6.51. The summed E-state index contributed by atoms with van der Waals surface area (Å²) in [6.45, 7) is 2.31. The summed E-state index contributed by atoms with van der Waals surface area (Å²) in [4.78, 5) is 30.6. The second-order valence-electron chi connectivity index (χ2n) is 10.8. The molecule has 3 aromatic carbocycles. The van der Waals surface area contributed by atoms with E-state index in [4.69, 9.17) is 0 Å². The van der Waals surface area contributed by atoms with Gasteiger partial charge in [-0.3, -0.25) is 14.5 Å². The predicted octanol–water partition coefficient (Wildman–Crippen LogP) is 5.95. The maximum atomic E-state index is 13.6. The summed E-state index contributed by atoms with van der Waals surface area (Å²) in [5, 5.41) is 2.20. The fourth-order valence-electron chi connectivity index (χ4n) is 6.16. The Morgan fingerprint density at radius 3 is 2.10 bits per heavy atom. The van der Waals surface area contributed by atoms with E-state index in [2.05, 4.69) is 26.1 Å². The van der Waals surface area contributed by atoms with Crippen molar-refractivity contribution in [3.05, 3.63) is 94.0 Å². The summed E-state index contributed by atoms with van der Waals surface area (Å²) >= 11 is 3.45. The summed E-state index contributed by atoms with van der Waals surface area (Å²) in [6, 6.07) is 22.9. The molecule has 0 saturated carbocycles. The van der Waals surface area contributed by atoms with Gasteiger partial charge in [-0.05, 0) is 59.3 Å². The maximum Gasteiger partial charge on any atom is 0.405 e. The number of carbonyl (C=O) groups is 2. The minimum Gasteiger partial charge on any atom is -0.346 e. The molecule has 0 atom stereocenters. The number of nitrogens with zero attached hydrogens (tertiary/aromatic N) is 2. The van der Waals surface area contributed by atoms with Crippen molar-refractivity contribution in [2.45, 2.75) is 37.3 Å². The molecule has 0 aromatic heterocycles. The Labute approximate surface area is 246 Å². The predicted molar refractivity (Wildman–Crippen MR) is 156 cm³/mol. The van der Waals surface area contributed by atoms with E-state index in [-0.39, 0.29) is 5.91 Å². The summed E-state index contributed by atoms with van der Waals surface area (Å²) in [6.07, 6.45) is -2.23. The minimum atomic E-state index is -4.49. The molecule has 0 bridgehead atoms. The smallest absolute Gasteiger partial charge is 0.346 e. The molecule has 41 heavy (non-hydrogen) atoms. The lowest BCUT2D eigenvalue weighted by molar-refractivity contribution is -0.141. The molecule has 1 N–H and O–H groups in total. The summed E-state index contributed by atoms with van der Waals surface area (Å²) in [5.74, 6) is -0.488. The highest BCUT2D eigenvalue weighted by molar-refractivity contribution is 9.10. The van der Waals surface area contributed by atoms with E-state index in [1.165, 1.54) is 0 Å². The number of nitrogens with one attached hydrogen (secondary N) is 1. The van der Waals surface area contributed by atoms with Gasteiger partial charge in [0, 0.05) is 30.7 Å². The molecule has 1 heterocycles. The van der Waals surface area contributed by atoms with Gasteiger partial charge in [-0.25, -0.2) is 0 Å². The van der Waals surface area contributed by atoms with E-state index in [0.29, 0.717) is 32.4 Å². The first kappa shape index (κ1) is 29.3. The number of rotatable bonds is 9. The average Bonchev–Trinajstić information content (AvgIpc) is 3.25. The number of hydrogen-bond acceptors (Lipinski definition) is 3. The monoisotopic (exact) mass is 627 g/mol. The topological polar surface area (TPSA) is 52.7 Å². The van der Waals surface area contributed by atoms with Crippen LogP contribution in [0.1, 0.15) is 36.0 Å². The van der Waals surface area contributed by atoms with Gasteiger partial charge < -0.3 is 10.2 Å². The SMILES string of the molecule is O=C(Cc1cccc(Br)c1)N1CCN(CCCCC2(C(=O)NCC(F)(F)F)c3ccccc3-c3ccccc32)CC1. The van der Waals surface area contributed by atoms with Crippen molar-refractivity contribution in [1.82, 2.24) is 15.1 Å². The number of fused-ring (bicyclic) bond motifs is 3. The molecule has 1 fully saturated rings. The minimum absolute atomic E-state index is 0.119. The number of alkyl halides is 3. The summed E-state index contributed by atoms with van der Waals surface area (Å²) in [5.41, 5.74) is 3.13. The van der Waals surface area contributed by atoms with E-state index in [9.17, 15) is 22.8 Å². The lowest BCUT2D eigenvalue weighted by atomic mass is 9.73. The van der Waals surface area contributed by atoms with Crippen molar-refractivity contribution in [2.75, 3.05) is 39.3 Å². The highest BCUT2D eigenvalue weighted by atomic mass is 79.9. The molecule has 3 aromatic rings. The average molecular weight is 629 g/mol. The van der Waals surface area contributed by atoms with Crippen molar-refractivity contribution in [3.63, 3.8) is 0 Å². The highest BCUT2D eigenvalue weighted by Crippen LogP contribution is 2.51. The first-order valence-corrected chi connectivity index (χ1v) is 14.8.